The highest BCUT2D eigenvalue weighted by Gasteiger charge is 2.11. The van der Waals surface area contributed by atoms with Crippen molar-refractivity contribution >= 4 is 45.4 Å². The standard InChI is InChI=1S/C28H19ClN4O2/c29-25-10-8-18-4-1-2-6-22(18)24(25)17-33-13-12-23-20(5-3-7-26(23)33)16-31-32-28(35)19-9-11-27(34)21(14-19)15-30/h1-14,16,34H,17H2,(H,32,35). The molecule has 5 aromatic rings. The zero-order valence-corrected chi connectivity index (χ0v) is 19.2. The van der Waals surface area contributed by atoms with Crippen LogP contribution in [0.3, 0.4) is 0 Å². The Balaban J connectivity index is 1.40. The minimum absolute atomic E-state index is 0.0269. The van der Waals surface area contributed by atoms with Gasteiger partial charge in [0.05, 0.1) is 11.8 Å². The van der Waals surface area contributed by atoms with Gasteiger partial charge in [0.25, 0.3) is 5.91 Å². The number of nitriles is 1. The van der Waals surface area contributed by atoms with Gasteiger partial charge in [0.2, 0.25) is 0 Å². The Labute approximate surface area is 206 Å². The molecule has 6 nitrogen and oxygen atoms in total. The molecule has 0 aliphatic heterocycles. The summed E-state index contributed by atoms with van der Waals surface area (Å²) < 4.78 is 2.14. The highest BCUT2D eigenvalue weighted by molar-refractivity contribution is 6.32. The number of aromatic hydroxyl groups is 1. The molecule has 0 aliphatic rings. The van der Waals surface area contributed by atoms with E-state index in [1.807, 2.05) is 60.8 Å². The van der Waals surface area contributed by atoms with Crippen LogP contribution < -0.4 is 5.43 Å². The second-order valence-corrected chi connectivity index (χ2v) is 8.42. The molecular weight excluding hydrogens is 460 g/mol. The molecule has 2 N–H and O–H groups in total. The quantitative estimate of drug-likeness (QED) is 0.245. The fourth-order valence-electron chi connectivity index (χ4n) is 4.13. The maximum absolute atomic E-state index is 12.4. The average Bonchev–Trinajstić information content (AvgIpc) is 3.29. The summed E-state index contributed by atoms with van der Waals surface area (Å²) in [5, 5.41) is 26.7. The van der Waals surface area contributed by atoms with Gasteiger partial charge in [-0.25, -0.2) is 5.43 Å². The molecule has 0 saturated carbocycles. The first-order chi connectivity index (χ1) is 17.0. The number of rotatable bonds is 5. The number of nitrogens with one attached hydrogen (secondary N) is 1. The maximum atomic E-state index is 12.4. The third kappa shape index (κ3) is 4.33. The highest BCUT2D eigenvalue weighted by Crippen LogP contribution is 2.29. The SMILES string of the molecule is N#Cc1cc(C(=O)NN=Cc2cccc3c2ccn3Cc2c(Cl)ccc3ccccc23)ccc1O. The summed E-state index contributed by atoms with van der Waals surface area (Å²) in [7, 11) is 0. The maximum Gasteiger partial charge on any atom is 0.271 e. The van der Waals surface area contributed by atoms with Crippen LogP contribution in [-0.4, -0.2) is 21.8 Å². The molecule has 0 aliphatic carbocycles. The number of nitrogens with zero attached hydrogens (tertiary/aromatic N) is 3. The van der Waals surface area contributed by atoms with Crippen LogP contribution in [-0.2, 0) is 6.54 Å². The lowest BCUT2D eigenvalue weighted by Crippen LogP contribution is -2.17. The van der Waals surface area contributed by atoms with Crippen molar-refractivity contribution in [3.05, 3.63) is 112 Å². The lowest BCUT2D eigenvalue weighted by Gasteiger charge is -2.11. The molecule has 0 fully saturated rings. The summed E-state index contributed by atoms with van der Waals surface area (Å²) in [5.74, 6) is -0.651. The van der Waals surface area contributed by atoms with Crippen LogP contribution in [0.2, 0.25) is 5.02 Å². The van der Waals surface area contributed by atoms with Gasteiger partial charge in [-0.1, -0.05) is 54.1 Å². The van der Waals surface area contributed by atoms with E-state index in [0.29, 0.717) is 6.54 Å². The Morgan fingerprint density at radius 2 is 1.91 bits per heavy atom. The molecule has 1 aromatic heterocycles. The molecule has 0 atom stereocenters. The van der Waals surface area contributed by atoms with Gasteiger partial charge in [-0.05, 0) is 52.7 Å². The van der Waals surface area contributed by atoms with E-state index >= 15 is 0 Å². The molecule has 7 heteroatoms. The Morgan fingerprint density at radius 1 is 1.06 bits per heavy atom. The number of benzene rings is 4. The number of carbonyl (C=O) groups is 1. The number of fused-ring (bicyclic) bond motifs is 2. The van der Waals surface area contributed by atoms with Crippen molar-refractivity contribution < 1.29 is 9.90 Å². The van der Waals surface area contributed by atoms with Gasteiger partial charge in [-0.3, -0.25) is 4.79 Å². The van der Waals surface area contributed by atoms with Crippen LogP contribution >= 0.6 is 11.6 Å². The van der Waals surface area contributed by atoms with Gasteiger partial charge >= 0.3 is 0 Å². The van der Waals surface area contributed by atoms with E-state index in [1.165, 1.54) is 18.2 Å². The summed E-state index contributed by atoms with van der Waals surface area (Å²) in [6.45, 7) is 0.614. The number of halogens is 1. The smallest absolute Gasteiger partial charge is 0.271 e. The Hall–Kier alpha value is -4.60. The second-order valence-electron chi connectivity index (χ2n) is 8.01. The average molecular weight is 479 g/mol. The molecule has 4 aromatic carbocycles. The number of amides is 1. The van der Waals surface area contributed by atoms with Gasteiger partial charge in [-0.2, -0.15) is 10.4 Å². The second kappa shape index (κ2) is 9.34. The van der Waals surface area contributed by atoms with Crippen molar-refractivity contribution in [2.75, 3.05) is 0 Å². The molecule has 0 spiro atoms. The molecule has 0 radical (unpaired) electrons. The van der Waals surface area contributed by atoms with E-state index in [0.717, 1.165) is 37.8 Å². The molecular formula is C28H19ClN4O2. The van der Waals surface area contributed by atoms with Crippen molar-refractivity contribution in [3.63, 3.8) is 0 Å². The van der Waals surface area contributed by atoms with Crippen LogP contribution in [0, 0.1) is 11.3 Å². The topological polar surface area (TPSA) is 90.4 Å². The normalized spacial score (nSPS) is 11.2. The van der Waals surface area contributed by atoms with Crippen molar-refractivity contribution in [3.8, 4) is 11.8 Å². The minimum Gasteiger partial charge on any atom is -0.507 e. The first-order valence-corrected chi connectivity index (χ1v) is 11.2. The third-order valence-electron chi connectivity index (χ3n) is 5.91. The Bertz CT molecular complexity index is 1660. The number of aromatic nitrogens is 1. The van der Waals surface area contributed by atoms with Crippen molar-refractivity contribution in [2.24, 2.45) is 5.10 Å². The highest BCUT2D eigenvalue weighted by atomic mass is 35.5. The number of carbonyl (C=O) groups excluding carboxylic acids is 1. The van der Waals surface area contributed by atoms with Gasteiger partial charge in [0, 0.05) is 39.8 Å². The molecule has 35 heavy (non-hydrogen) atoms. The summed E-state index contributed by atoms with van der Waals surface area (Å²) in [6.07, 6.45) is 3.60. The predicted molar refractivity (Wildman–Crippen MR) is 138 cm³/mol. The number of phenolic OH excluding ortho intramolecular Hbond substituents is 1. The van der Waals surface area contributed by atoms with E-state index in [4.69, 9.17) is 16.9 Å². The van der Waals surface area contributed by atoms with Crippen LogP contribution in [0.5, 0.6) is 5.75 Å². The van der Waals surface area contributed by atoms with E-state index in [9.17, 15) is 9.90 Å². The molecule has 0 saturated heterocycles. The first-order valence-electron chi connectivity index (χ1n) is 10.9. The van der Waals surface area contributed by atoms with E-state index in [-0.39, 0.29) is 16.9 Å². The molecule has 170 valence electrons. The molecule has 0 unspecified atom stereocenters. The van der Waals surface area contributed by atoms with Crippen LogP contribution in [0.15, 0.2) is 90.2 Å². The zero-order valence-electron chi connectivity index (χ0n) is 18.4. The first kappa shape index (κ1) is 22.2. The minimum atomic E-state index is -0.479. The lowest BCUT2D eigenvalue weighted by atomic mass is 10.0. The lowest BCUT2D eigenvalue weighted by molar-refractivity contribution is 0.0955. The van der Waals surface area contributed by atoms with Crippen LogP contribution in [0.1, 0.15) is 27.0 Å². The van der Waals surface area contributed by atoms with Crippen molar-refractivity contribution in [1.82, 2.24) is 9.99 Å². The van der Waals surface area contributed by atoms with E-state index < -0.39 is 5.91 Å². The van der Waals surface area contributed by atoms with E-state index in [1.54, 1.807) is 6.21 Å². The summed E-state index contributed by atoms with van der Waals surface area (Å²) in [5.41, 5.74) is 5.64. The third-order valence-corrected chi connectivity index (χ3v) is 6.26. The van der Waals surface area contributed by atoms with E-state index in [2.05, 4.69) is 27.2 Å². The number of hydrazone groups is 1. The van der Waals surface area contributed by atoms with Gasteiger partial charge in [0.15, 0.2) is 0 Å². The number of hydrogen-bond donors (Lipinski definition) is 2. The number of hydrogen-bond acceptors (Lipinski definition) is 4. The largest absolute Gasteiger partial charge is 0.507 e. The Morgan fingerprint density at radius 3 is 2.77 bits per heavy atom. The van der Waals surface area contributed by atoms with Crippen LogP contribution in [0.25, 0.3) is 21.7 Å². The Kier molecular flexibility index (Phi) is 5.92. The van der Waals surface area contributed by atoms with Crippen molar-refractivity contribution in [1.29, 1.82) is 5.26 Å². The summed E-state index contributed by atoms with van der Waals surface area (Å²) in [6, 6.07) is 25.9. The molecule has 1 heterocycles. The predicted octanol–water partition coefficient (Wildman–Crippen LogP) is 5.84. The zero-order chi connectivity index (χ0) is 24.4. The number of phenols is 1. The van der Waals surface area contributed by atoms with Crippen molar-refractivity contribution in [2.45, 2.75) is 6.54 Å². The summed E-state index contributed by atoms with van der Waals surface area (Å²) in [4.78, 5) is 12.4. The molecule has 5 rings (SSSR count). The van der Waals surface area contributed by atoms with Gasteiger partial charge in [0.1, 0.15) is 11.8 Å². The fourth-order valence-corrected chi connectivity index (χ4v) is 4.35. The molecule has 0 bridgehead atoms. The van der Waals surface area contributed by atoms with Gasteiger partial charge in [-0.15, -0.1) is 0 Å². The monoisotopic (exact) mass is 478 g/mol. The van der Waals surface area contributed by atoms with Crippen LogP contribution in [0.4, 0.5) is 0 Å². The molecule has 1 amide bonds. The summed E-state index contributed by atoms with van der Waals surface area (Å²) >= 11 is 6.57. The fraction of sp³-hybridized carbons (Fsp3) is 0.0357. The van der Waals surface area contributed by atoms with Gasteiger partial charge < -0.3 is 9.67 Å².